The minimum Gasteiger partial charge on any atom is -0.265 e. The molecule has 1 N–H and O–H groups in total. The Morgan fingerprint density at radius 1 is 0.724 bits per heavy atom. The van der Waals surface area contributed by atoms with Crippen LogP contribution in [0.25, 0.3) is 22.4 Å². The Morgan fingerprint density at radius 2 is 1.48 bits per heavy atom. The number of nitrogens with zero attached hydrogens (tertiary/aromatic N) is 2. The first-order valence-electron chi connectivity index (χ1n) is 9.12. The number of pyridine rings is 2. The Morgan fingerprint density at radius 3 is 2.28 bits per heavy atom. The summed E-state index contributed by atoms with van der Waals surface area (Å²) in [5.74, 6) is 0. The van der Waals surface area contributed by atoms with Crippen LogP contribution in [0.5, 0.6) is 0 Å². The second kappa shape index (κ2) is 8.34. The van der Waals surface area contributed by atoms with Crippen LogP contribution in [0.4, 0.5) is 0 Å². The molecule has 144 valence electrons. The summed E-state index contributed by atoms with van der Waals surface area (Å²) in [6.45, 7) is 0.179. The van der Waals surface area contributed by atoms with Gasteiger partial charge >= 0.3 is 0 Å². The minimum absolute atomic E-state index is 0.179. The molecule has 4 aromatic rings. The number of nitrogens with one attached hydrogen (secondary N) is 1. The van der Waals surface area contributed by atoms with Crippen LogP contribution in [0.3, 0.4) is 0 Å². The normalized spacial score (nSPS) is 11.3. The van der Waals surface area contributed by atoms with Crippen molar-refractivity contribution in [3.8, 4) is 22.4 Å². The molecule has 0 unspecified atom stereocenters. The van der Waals surface area contributed by atoms with Crippen LogP contribution in [-0.2, 0) is 16.6 Å². The van der Waals surface area contributed by atoms with Crippen LogP contribution < -0.4 is 4.72 Å². The Bertz CT molecular complexity index is 1210. The molecule has 2 heterocycles. The van der Waals surface area contributed by atoms with Gasteiger partial charge in [0.1, 0.15) is 0 Å². The minimum atomic E-state index is -3.65. The van der Waals surface area contributed by atoms with Gasteiger partial charge in [-0.25, -0.2) is 13.1 Å². The molecule has 0 bridgehead atoms. The van der Waals surface area contributed by atoms with Gasteiger partial charge in [-0.2, -0.15) is 0 Å². The van der Waals surface area contributed by atoms with Gasteiger partial charge in [-0.15, -0.1) is 0 Å². The molecule has 0 fully saturated rings. The van der Waals surface area contributed by atoms with Crippen LogP contribution in [0.2, 0.25) is 0 Å². The lowest BCUT2D eigenvalue weighted by Gasteiger charge is -2.10. The van der Waals surface area contributed by atoms with E-state index in [4.69, 9.17) is 0 Å². The zero-order valence-electron chi connectivity index (χ0n) is 15.6. The van der Waals surface area contributed by atoms with Gasteiger partial charge in [-0.3, -0.25) is 9.97 Å². The highest BCUT2D eigenvalue weighted by atomic mass is 32.2. The second-order valence-electron chi connectivity index (χ2n) is 6.50. The van der Waals surface area contributed by atoms with E-state index in [1.807, 2.05) is 54.6 Å². The van der Waals surface area contributed by atoms with E-state index in [1.165, 1.54) is 0 Å². The SMILES string of the molecule is O=S(=O)(NCc1ccnc(-c2ccncc2)c1)c1cccc(-c2ccccc2)c1. The Labute approximate surface area is 170 Å². The van der Waals surface area contributed by atoms with E-state index < -0.39 is 10.0 Å². The molecule has 0 aliphatic carbocycles. The standard InChI is InChI=1S/C23H19N3O2S/c27-29(28,22-8-4-7-21(16-22)19-5-2-1-3-6-19)26-17-18-9-14-25-23(15-18)20-10-12-24-13-11-20/h1-16,26H,17H2. The lowest BCUT2D eigenvalue weighted by atomic mass is 10.1. The van der Waals surface area contributed by atoms with Crippen molar-refractivity contribution in [2.75, 3.05) is 0 Å². The summed E-state index contributed by atoms with van der Waals surface area (Å²) in [6.07, 6.45) is 5.08. The Kier molecular flexibility index (Phi) is 5.46. The fraction of sp³-hybridized carbons (Fsp3) is 0.0435. The average Bonchev–Trinajstić information content (AvgIpc) is 2.79. The second-order valence-corrected chi connectivity index (χ2v) is 8.27. The van der Waals surface area contributed by atoms with Crippen LogP contribution >= 0.6 is 0 Å². The van der Waals surface area contributed by atoms with E-state index in [-0.39, 0.29) is 11.4 Å². The first-order chi connectivity index (χ1) is 14.1. The summed E-state index contributed by atoms with van der Waals surface area (Å²) in [5.41, 5.74) is 4.36. The molecule has 0 aliphatic rings. The molecule has 4 rings (SSSR count). The molecule has 0 saturated heterocycles. The van der Waals surface area contributed by atoms with Crippen LogP contribution in [0.1, 0.15) is 5.56 Å². The van der Waals surface area contributed by atoms with Gasteiger partial charge in [-0.05, 0) is 53.1 Å². The van der Waals surface area contributed by atoms with Crippen molar-refractivity contribution >= 4 is 10.0 Å². The highest BCUT2D eigenvalue weighted by Gasteiger charge is 2.15. The molecular formula is C23H19N3O2S. The molecular weight excluding hydrogens is 382 g/mol. The quantitative estimate of drug-likeness (QED) is 0.523. The molecule has 2 aromatic heterocycles. The van der Waals surface area contributed by atoms with E-state index in [9.17, 15) is 8.42 Å². The van der Waals surface area contributed by atoms with Crippen LogP contribution in [0.15, 0.2) is 102 Å². The zero-order chi connectivity index (χ0) is 20.1. The van der Waals surface area contributed by atoms with Gasteiger partial charge in [0.15, 0.2) is 0 Å². The summed E-state index contributed by atoms with van der Waals surface area (Å²) in [4.78, 5) is 8.60. The first kappa shape index (κ1) is 19.0. The monoisotopic (exact) mass is 401 g/mol. The molecule has 29 heavy (non-hydrogen) atoms. The highest BCUT2D eigenvalue weighted by molar-refractivity contribution is 7.89. The van der Waals surface area contributed by atoms with E-state index in [2.05, 4.69) is 14.7 Å². The number of hydrogen-bond donors (Lipinski definition) is 1. The number of sulfonamides is 1. The topological polar surface area (TPSA) is 72.0 Å². The van der Waals surface area contributed by atoms with Gasteiger partial charge in [0.05, 0.1) is 10.6 Å². The molecule has 0 spiro atoms. The van der Waals surface area contributed by atoms with Gasteiger partial charge in [-0.1, -0.05) is 42.5 Å². The van der Waals surface area contributed by atoms with Crippen molar-refractivity contribution in [3.63, 3.8) is 0 Å². The van der Waals surface area contributed by atoms with Crippen molar-refractivity contribution in [1.29, 1.82) is 0 Å². The molecule has 0 amide bonds. The summed E-state index contributed by atoms with van der Waals surface area (Å²) in [6, 6.07) is 24.0. The average molecular weight is 401 g/mol. The number of rotatable bonds is 6. The molecule has 6 heteroatoms. The largest absolute Gasteiger partial charge is 0.265 e. The predicted molar refractivity (Wildman–Crippen MR) is 113 cm³/mol. The van der Waals surface area contributed by atoms with Gasteiger partial charge in [0, 0.05) is 30.7 Å². The fourth-order valence-electron chi connectivity index (χ4n) is 3.00. The van der Waals surface area contributed by atoms with E-state index in [1.54, 1.807) is 42.9 Å². The van der Waals surface area contributed by atoms with Crippen molar-refractivity contribution in [2.45, 2.75) is 11.4 Å². The maximum Gasteiger partial charge on any atom is 0.240 e. The van der Waals surface area contributed by atoms with Gasteiger partial charge < -0.3 is 0 Å². The van der Waals surface area contributed by atoms with Crippen molar-refractivity contribution in [1.82, 2.24) is 14.7 Å². The number of hydrogen-bond acceptors (Lipinski definition) is 4. The van der Waals surface area contributed by atoms with Gasteiger partial charge in [0.2, 0.25) is 10.0 Å². The Hall–Kier alpha value is -3.35. The van der Waals surface area contributed by atoms with Crippen LogP contribution in [-0.4, -0.2) is 18.4 Å². The summed E-state index contributed by atoms with van der Waals surface area (Å²) in [7, 11) is -3.65. The summed E-state index contributed by atoms with van der Waals surface area (Å²) in [5, 5.41) is 0. The third kappa shape index (κ3) is 4.56. The maximum atomic E-state index is 12.8. The zero-order valence-corrected chi connectivity index (χ0v) is 16.4. The molecule has 0 aliphatic heterocycles. The smallest absolute Gasteiger partial charge is 0.240 e. The third-order valence-electron chi connectivity index (χ3n) is 4.52. The highest BCUT2D eigenvalue weighted by Crippen LogP contribution is 2.22. The number of benzene rings is 2. The van der Waals surface area contributed by atoms with E-state index in [0.29, 0.717) is 0 Å². The lowest BCUT2D eigenvalue weighted by molar-refractivity contribution is 0.581. The van der Waals surface area contributed by atoms with E-state index in [0.717, 1.165) is 27.9 Å². The molecule has 0 atom stereocenters. The van der Waals surface area contributed by atoms with Gasteiger partial charge in [0.25, 0.3) is 0 Å². The Balaban J connectivity index is 1.53. The van der Waals surface area contributed by atoms with Crippen molar-refractivity contribution < 1.29 is 8.42 Å². The van der Waals surface area contributed by atoms with E-state index >= 15 is 0 Å². The third-order valence-corrected chi connectivity index (χ3v) is 5.92. The summed E-state index contributed by atoms with van der Waals surface area (Å²) < 4.78 is 28.3. The lowest BCUT2D eigenvalue weighted by Crippen LogP contribution is -2.23. The fourth-order valence-corrected chi connectivity index (χ4v) is 4.06. The maximum absolute atomic E-state index is 12.8. The van der Waals surface area contributed by atoms with Crippen LogP contribution in [0, 0.1) is 0 Å². The molecule has 0 saturated carbocycles. The van der Waals surface area contributed by atoms with Crippen molar-refractivity contribution in [3.05, 3.63) is 103 Å². The molecule has 2 aromatic carbocycles. The first-order valence-corrected chi connectivity index (χ1v) is 10.6. The summed E-state index contributed by atoms with van der Waals surface area (Å²) >= 11 is 0. The van der Waals surface area contributed by atoms with Crippen molar-refractivity contribution in [2.24, 2.45) is 0 Å². The number of aromatic nitrogens is 2. The molecule has 5 nitrogen and oxygen atoms in total. The molecule has 0 radical (unpaired) electrons. The predicted octanol–water partition coefficient (Wildman–Crippen LogP) is 4.29.